The molecule has 1 aliphatic rings. The standard InChI is InChI=1S/C11H19N3S/c1-10-13-6-8-14(10)7-5-12-9-11(15-2)3-4-11/h6,8,12H,3-5,7,9H2,1-2H3. The number of nitrogens with one attached hydrogen (secondary N) is 1. The van der Waals surface area contributed by atoms with Crippen molar-refractivity contribution in [1.82, 2.24) is 14.9 Å². The van der Waals surface area contributed by atoms with E-state index in [1.54, 1.807) is 0 Å². The lowest BCUT2D eigenvalue weighted by atomic mass is 10.4. The van der Waals surface area contributed by atoms with Gasteiger partial charge in [-0.1, -0.05) is 0 Å². The summed E-state index contributed by atoms with van der Waals surface area (Å²) in [4.78, 5) is 4.20. The second-order valence-corrected chi connectivity index (χ2v) is 5.51. The Morgan fingerprint density at radius 2 is 2.40 bits per heavy atom. The molecule has 0 amide bonds. The Morgan fingerprint density at radius 3 is 2.93 bits per heavy atom. The normalized spacial score (nSPS) is 18.0. The molecule has 1 aromatic heterocycles. The minimum absolute atomic E-state index is 0.573. The molecule has 0 unspecified atom stereocenters. The lowest BCUT2D eigenvalue weighted by molar-refractivity contribution is 0.579. The molecular formula is C11H19N3S. The van der Waals surface area contributed by atoms with E-state index >= 15 is 0 Å². The Bertz CT molecular complexity index is 317. The molecule has 0 spiro atoms. The van der Waals surface area contributed by atoms with Crippen LogP contribution in [0.5, 0.6) is 0 Å². The topological polar surface area (TPSA) is 29.9 Å². The first-order valence-electron chi connectivity index (χ1n) is 5.49. The Hall–Kier alpha value is -0.480. The number of thioether (sulfide) groups is 1. The molecule has 1 aliphatic carbocycles. The van der Waals surface area contributed by atoms with Gasteiger partial charge >= 0.3 is 0 Å². The summed E-state index contributed by atoms with van der Waals surface area (Å²) in [5.41, 5.74) is 0. The molecule has 1 aromatic rings. The molecule has 0 saturated heterocycles. The molecule has 1 saturated carbocycles. The van der Waals surface area contributed by atoms with Crippen LogP contribution >= 0.6 is 11.8 Å². The average Bonchev–Trinajstić information content (AvgIpc) is 2.92. The molecule has 4 heteroatoms. The molecule has 0 bridgehead atoms. The van der Waals surface area contributed by atoms with Crippen LogP contribution in [-0.2, 0) is 6.54 Å². The molecule has 1 N–H and O–H groups in total. The van der Waals surface area contributed by atoms with Crippen LogP contribution < -0.4 is 5.32 Å². The van der Waals surface area contributed by atoms with Gasteiger partial charge in [-0.2, -0.15) is 11.8 Å². The van der Waals surface area contributed by atoms with E-state index in [2.05, 4.69) is 21.1 Å². The maximum Gasteiger partial charge on any atom is 0.105 e. The van der Waals surface area contributed by atoms with Crippen molar-refractivity contribution in [3.63, 3.8) is 0 Å². The van der Waals surface area contributed by atoms with Crippen LogP contribution in [0.3, 0.4) is 0 Å². The first kappa shape index (κ1) is 11.0. The van der Waals surface area contributed by atoms with Gasteiger partial charge in [0.05, 0.1) is 0 Å². The minimum Gasteiger partial charge on any atom is -0.334 e. The molecule has 1 heterocycles. The molecule has 0 atom stereocenters. The smallest absolute Gasteiger partial charge is 0.105 e. The third-order valence-corrected chi connectivity index (χ3v) is 4.56. The fourth-order valence-electron chi connectivity index (χ4n) is 1.75. The number of aromatic nitrogens is 2. The molecule has 0 aromatic carbocycles. The first-order chi connectivity index (χ1) is 7.26. The lowest BCUT2D eigenvalue weighted by Crippen LogP contribution is -2.28. The van der Waals surface area contributed by atoms with Crippen molar-refractivity contribution in [3.8, 4) is 0 Å². The fourth-order valence-corrected chi connectivity index (χ4v) is 2.50. The minimum atomic E-state index is 0.573. The van der Waals surface area contributed by atoms with Crippen molar-refractivity contribution in [2.75, 3.05) is 19.3 Å². The summed E-state index contributed by atoms with van der Waals surface area (Å²) in [5.74, 6) is 1.10. The van der Waals surface area contributed by atoms with Gasteiger partial charge in [0.25, 0.3) is 0 Å². The van der Waals surface area contributed by atoms with Gasteiger partial charge in [-0.05, 0) is 26.0 Å². The zero-order valence-corrected chi connectivity index (χ0v) is 10.3. The highest BCUT2D eigenvalue weighted by Crippen LogP contribution is 2.46. The Labute approximate surface area is 95.7 Å². The summed E-state index contributed by atoms with van der Waals surface area (Å²) in [6.07, 6.45) is 8.88. The highest BCUT2D eigenvalue weighted by atomic mass is 32.2. The third kappa shape index (κ3) is 2.75. The summed E-state index contributed by atoms with van der Waals surface area (Å²) in [6, 6.07) is 0. The number of nitrogens with zero attached hydrogens (tertiary/aromatic N) is 2. The molecule has 0 aliphatic heterocycles. The van der Waals surface area contributed by atoms with Crippen molar-refractivity contribution in [2.45, 2.75) is 31.1 Å². The molecule has 3 nitrogen and oxygen atoms in total. The van der Waals surface area contributed by atoms with E-state index in [0.29, 0.717) is 4.75 Å². The second-order valence-electron chi connectivity index (χ2n) is 4.23. The zero-order chi connectivity index (χ0) is 10.7. The number of rotatable bonds is 6. The molecule has 15 heavy (non-hydrogen) atoms. The zero-order valence-electron chi connectivity index (χ0n) is 9.49. The Kier molecular flexibility index (Phi) is 3.36. The van der Waals surface area contributed by atoms with Crippen LogP contribution in [0.15, 0.2) is 12.4 Å². The van der Waals surface area contributed by atoms with Gasteiger partial charge in [-0.25, -0.2) is 4.98 Å². The molecule has 1 fully saturated rings. The summed E-state index contributed by atoms with van der Waals surface area (Å²) in [7, 11) is 0. The van der Waals surface area contributed by atoms with Gasteiger partial charge < -0.3 is 9.88 Å². The quantitative estimate of drug-likeness (QED) is 0.747. The number of hydrogen-bond donors (Lipinski definition) is 1. The molecular weight excluding hydrogens is 206 g/mol. The number of aryl methyl sites for hydroxylation is 1. The maximum atomic E-state index is 4.20. The first-order valence-corrected chi connectivity index (χ1v) is 6.72. The van der Waals surface area contributed by atoms with E-state index in [1.165, 1.54) is 12.8 Å². The Balaban J connectivity index is 1.65. The van der Waals surface area contributed by atoms with Crippen molar-refractivity contribution in [3.05, 3.63) is 18.2 Å². The summed E-state index contributed by atoms with van der Waals surface area (Å²) < 4.78 is 2.76. The van der Waals surface area contributed by atoms with Gasteiger partial charge in [-0.3, -0.25) is 0 Å². The summed E-state index contributed by atoms with van der Waals surface area (Å²) >= 11 is 2.01. The Morgan fingerprint density at radius 1 is 1.60 bits per heavy atom. The fraction of sp³-hybridized carbons (Fsp3) is 0.727. The predicted octanol–water partition coefficient (Wildman–Crippen LogP) is 1.68. The third-order valence-electron chi connectivity index (χ3n) is 3.14. The monoisotopic (exact) mass is 225 g/mol. The van der Waals surface area contributed by atoms with Gasteiger partial charge in [0.1, 0.15) is 5.82 Å². The highest BCUT2D eigenvalue weighted by Gasteiger charge is 2.41. The largest absolute Gasteiger partial charge is 0.334 e. The van der Waals surface area contributed by atoms with Crippen molar-refractivity contribution in [2.24, 2.45) is 0 Å². The van der Waals surface area contributed by atoms with E-state index in [0.717, 1.165) is 25.5 Å². The van der Waals surface area contributed by atoms with E-state index in [9.17, 15) is 0 Å². The lowest BCUT2D eigenvalue weighted by Gasteiger charge is -2.13. The van der Waals surface area contributed by atoms with Gasteiger partial charge in [-0.15, -0.1) is 0 Å². The van der Waals surface area contributed by atoms with Crippen LogP contribution in [0.25, 0.3) is 0 Å². The summed E-state index contributed by atoms with van der Waals surface area (Å²) in [6.45, 7) is 5.27. The van der Waals surface area contributed by atoms with Crippen LogP contribution in [-0.4, -0.2) is 33.6 Å². The van der Waals surface area contributed by atoms with E-state index in [1.807, 2.05) is 31.1 Å². The SMILES string of the molecule is CSC1(CNCCn2ccnc2C)CC1. The van der Waals surface area contributed by atoms with Gasteiger partial charge in [0, 0.05) is 36.8 Å². The average molecular weight is 225 g/mol. The van der Waals surface area contributed by atoms with Crippen LogP contribution in [0, 0.1) is 6.92 Å². The highest BCUT2D eigenvalue weighted by molar-refractivity contribution is 8.00. The molecule has 84 valence electrons. The number of hydrogen-bond acceptors (Lipinski definition) is 3. The summed E-state index contributed by atoms with van der Waals surface area (Å²) in [5, 5.41) is 3.54. The van der Waals surface area contributed by atoms with Crippen LogP contribution in [0.1, 0.15) is 18.7 Å². The van der Waals surface area contributed by atoms with Crippen molar-refractivity contribution < 1.29 is 0 Å². The van der Waals surface area contributed by atoms with Crippen molar-refractivity contribution >= 4 is 11.8 Å². The second kappa shape index (κ2) is 4.58. The van der Waals surface area contributed by atoms with Crippen LogP contribution in [0.4, 0.5) is 0 Å². The molecule has 0 radical (unpaired) electrons. The van der Waals surface area contributed by atoms with Crippen molar-refractivity contribution in [1.29, 1.82) is 0 Å². The van der Waals surface area contributed by atoms with E-state index in [4.69, 9.17) is 0 Å². The van der Waals surface area contributed by atoms with Gasteiger partial charge in [0.15, 0.2) is 0 Å². The number of imidazole rings is 1. The van der Waals surface area contributed by atoms with Crippen LogP contribution in [0.2, 0.25) is 0 Å². The van der Waals surface area contributed by atoms with E-state index < -0.39 is 0 Å². The predicted molar refractivity (Wildman–Crippen MR) is 65.3 cm³/mol. The molecule has 2 rings (SSSR count). The maximum absolute atomic E-state index is 4.20. The van der Waals surface area contributed by atoms with E-state index in [-0.39, 0.29) is 0 Å². The van der Waals surface area contributed by atoms with Gasteiger partial charge in [0.2, 0.25) is 0 Å².